The minimum Gasteiger partial charge on any atom is -0.378 e. The highest BCUT2D eigenvalue weighted by Gasteiger charge is 2.29. The lowest BCUT2D eigenvalue weighted by molar-refractivity contribution is -0.147. The summed E-state index contributed by atoms with van der Waals surface area (Å²) in [6, 6.07) is 8.84. The first-order valence-electron chi connectivity index (χ1n) is 8.45. The first kappa shape index (κ1) is 18.1. The Morgan fingerprint density at radius 2 is 2.19 bits per heavy atom. The van der Waals surface area contributed by atoms with Gasteiger partial charge in [-0.3, -0.25) is 9.59 Å². The van der Waals surface area contributed by atoms with Crippen LogP contribution in [0.25, 0.3) is 0 Å². The van der Waals surface area contributed by atoms with E-state index in [1.54, 1.807) is 42.4 Å². The number of ether oxygens (including phenoxy) is 1. The second-order valence-electron chi connectivity index (χ2n) is 6.16. The zero-order chi connectivity index (χ0) is 18.5. The highest BCUT2D eigenvalue weighted by molar-refractivity contribution is 5.82. The summed E-state index contributed by atoms with van der Waals surface area (Å²) in [5.41, 5.74) is 0.339. The first-order chi connectivity index (χ1) is 12.6. The molecule has 1 unspecified atom stereocenters. The molecular formula is C18H22N4O4. The number of aryl methyl sites for hydroxylation is 1. The highest BCUT2D eigenvalue weighted by Crippen LogP contribution is 2.17. The molecule has 0 radical (unpaired) electrons. The molecule has 2 N–H and O–H groups in total. The van der Waals surface area contributed by atoms with Crippen LogP contribution >= 0.6 is 0 Å². The Kier molecular flexibility index (Phi) is 5.65. The number of benzene rings is 1. The average Bonchev–Trinajstić information content (AvgIpc) is 2.69. The van der Waals surface area contributed by atoms with Crippen molar-refractivity contribution >= 4 is 11.7 Å². The van der Waals surface area contributed by atoms with E-state index in [9.17, 15) is 14.7 Å². The van der Waals surface area contributed by atoms with Crippen LogP contribution in [0.3, 0.4) is 0 Å². The number of hydrogen-bond donors (Lipinski definition) is 2. The number of carbonyl (C=O) groups is 1. The standard InChI is InChI=1S/C18H22N4O4/c1-21-8-7-19-16(18(21)25)20-11-14-12-22(9-10-26-14)17(24)15(23)13-5-3-2-4-6-13/h2-8,14-15,23H,9-12H2,1H3,(H,19,20)/t14?,15-/m1/s1. The monoisotopic (exact) mass is 358 g/mol. The molecule has 0 aliphatic carbocycles. The average molecular weight is 358 g/mol. The predicted octanol–water partition coefficient (Wildman–Crippen LogP) is 0.153. The van der Waals surface area contributed by atoms with Gasteiger partial charge in [-0.2, -0.15) is 0 Å². The molecule has 1 aromatic heterocycles. The van der Waals surface area contributed by atoms with Gasteiger partial charge in [0.1, 0.15) is 0 Å². The molecule has 1 saturated heterocycles. The molecule has 2 heterocycles. The van der Waals surface area contributed by atoms with Crippen LogP contribution in [0.1, 0.15) is 11.7 Å². The van der Waals surface area contributed by atoms with Crippen molar-refractivity contribution in [1.29, 1.82) is 0 Å². The second kappa shape index (κ2) is 8.11. The van der Waals surface area contributed by atoms with Gasteiger partial charge in [-0.15, -0.1) is 0 Å². The van der Waals surface area contributed by atoms with Crippen molar-refractivity contribution < 1.29 is 14.6 Å². The number of aliphatic hydroxyl groups excluding tert-OH is 1. The quantitative estimate of drug-likeness (QED) is 0.790. The third-order valence-corrected chi connectivity index (χ3v) is 4.31. The van der Waals surface area contributed by atoms with Gasteiger partial charge in [0.15, 0.2) is 11.9 Å². The van der Waals surface area contributed by atoms with Crippen LogP contribution in [0.4, 0.5) is 5.82 Å². The Balaban J connectivity index is 1.59. The van der Waals surface area contributed by atoms with Crippen LogP contribution in [-0.2, 0) is 16.6 Å². The first-order valence-corrected chi connectivity index (χ1v) is 8.45. The number of morpholine rings is 1. The molecule has 0 saturated carbocycles. The van der Waals surface area contributed by atoms with Crippen molar-refractivity contribution in [2.75, 3.05) is 31.6 Å². The summed E-state index contributed by atoms with van der Waals surface area (Å²) < 4.78 is 7.09. The van der Waals surface area contributed by atoms with Gasteiger partial charge in [-0.25, -0.2) is 4.98 Å². The molecule has 0 spiro atoms. The van der Waals surface area contributed by atoms with Gasteiger partial charge in [-0.05, 0) is 5.56 Å². The molecule has 26 heavy (non-hydrogen) atoms. The zero-order valence-corrected chi connectivity index (χ0v) is 14.5. The summed E-state index contributed by atoms with van der Waals surface area (Å²) in [6.45, 7) is 1.48. The van der Waals surface area contributed by atoms with Crippen LogP contribution in [0.5, 0.6) is 0 Å². The zero-order valence-electron chi connectivity index (χ0n) is 14.5. The van der Waals surface area contributed by atoms with Gasteiger partial charge >= 0.3 is 0 Å². The summed E-state index contributed by atoms with van der Waals surface area (Å²) in [5, 5.41) is 13.3. The topological polar surface area (TPSA) is 96.7 Å². The van der Waals surface area contributed by atoms with Gasteiger partial charge < -0.3 is 24.6 Å². The lowest BCUT2D eigenvalue weighted by atomic mass is 10.1. The maximum absolute atomic E-state index is 12.6. The van der Waals surface area contributed by atoms with E-state index in [1.807, 2.05) is 6.07 Å². The van der Waals surface area contributed by atoms with E-state index < -0.39 is 6.10 Å². The van der Waals surface area contributed by atoms with E-state index in [1.165, 1.54) is 10.8 Å². The van der Waals surface area contributed by atoms with Crippen LogP contribution in [0, 0.1) is 0 Å². The van der Waals surface area contributed by atoms with E-state index in [4.69, 9.17) is 4.74 Å². The van der Waals surface area contributed by atoms with Crippen molar-refractivity contribution in [3.63, 3.8) is 0 Å². The second-order valence-corrected chi connectivity index (χ2v) is 6.16. The molecule has 1 aliphatic rings. The maximum atomic E-state index is 12.6. The number of rotatable bonds is 5. The summed E-state index contributed by atoms with van der Waals surface area (Å²) in [4.78, 5) is 30.1. The third kappa shape index (κ3) is 4.09. The Bertz CT molecular complexity index is 808. The summed E-state index contributed by atoms with van der Waals surface area (Å²) in [7, 11) is 1.65. The van der Waals surface area contributed by atoms with E-state index in [-0.39, 0.29) is 23.4 Å². The smallest absolute Gasteiger partial charge is 0.293 e. The maximum Gasteiger partial charge on any atom is 0.293 e. The van der Waals surface area contributed by atoms with Crippen molar-refractivity contribution in [2.24, 2.45) is 7.05 Å². The van der Waals surface area contributed by atoms with Crippen LogP contribution in [0.2, 0.25) is 0 Å². The molecule has 1 fully saturated rings. The summed E-state index contributed by atoms with van der Waals surface area (Å²) >= 11 is 0. The van der Waals surface area contributed by atoms with E-state index in [2.05, 4.69) is 10.3 Å². The normalized spacial score (nSPS) is 18.4. The van der Waals surface area contributed by atoms with Gasteiger partial charge in [0.25, 0.3) is 11.5 Å². The van der Waals surface area contributed by atoms with E-state index in [0.29, 0.717) is 31.8 Å². The number of amides is 1. The van der Waals surface area contributed by atoms with Gasteiger partial charge in [0.2, 0.25) is 0 Å². The molecule has 1 amide bonds. The fourth-order valence-electron chi connectivity index (χ4n) is 2.82. The van der Waals surface area contributed by atoms with Gasteiger partial charge in [0.05, 0.1) is 12.7 Å². The number of anilines is 1. The Morgan fingerprint density at radius 3 is 2.96 bits per heavy atom. The molecule has 8 heteroatoms. The molecule has 1 aliphatic heterocycles. The largest absolute Gasteiger partial charge is 0.378 e. The predicted molar refractivity (Wildman–Crippen MR) is 95.7 cm³/mol. The Labute approximate surface area is 151 Å². The molecule has 1 aromatic carbocycles. The van der Waals surface area contributed by atoms with Crippen molar-refractivity contribution in [3.8, 4) is 0 Å². The van der Waals surface area contributed by atoms with Crippen LogP contribution < -0.4 is 10.9 Å². The number of hydrogen-bond acceptors (Lipinski definition) is 6. The number of nitrogens with one attached hydrogen (secondary N) is 1. The molecular weight excluding hydrogens is 336 g/mol. The summed E-state index contributed by atoms with van der Waals surface area (Å²) in [5.74, 6) is -0.107. The van der Waals surface area contributed by atoms with Crippen LogP contribution in [-0.4, -0.2) is 57.8 Å². The molecule has 138 valence electrons. The molecule has 0 bridgehead atoms. The molecule has 8 nitrogen and oxygen atoms in total. The number of nitrogens with zero attached hydrogens (tertiary/aromatic N) is 3. The van der Waals surface area contributed by atoms with Crippen LogP contribution in [0.15, 0.2) is 47.5 Å². The fraction of sp³-hybridized carbons (Fsp3) is 0.389. The van der Waals surface area contributed by atoms with Crippen molar-refractivity contribution in [2.45, 2.75) is 12.2 Å². The molecule has 2 aromatic rings. The van der Waals surface area contributed by atoms with E-state index in [0.717, 1.165) is 0 Å². The fourth-order valence-corrected chi connectivity index (χ4v) is 2.82. The van der Waals surface area contributed by atoms with E-state index >= 15 is 0 Å². The minimum absolute atomic E-state index is 0.226. The van der Waals surface area contributed by atoms with Gasteiger partial charge in [-0.1, -0.05) is 30.3 Å². The summed E-state index contributed by atoms with van der Waals surface area (Å²) in [6.07, 6.45) is 1.64. The molecule has 3 rings (SSSR count). The molecule has 2 atom stereocenters. The highest BCUT2D eigenvalue weighted by atomic mass is 16.5. The Morgan fingerprint density at radius 1 is 1.42 bits per heavy atom. The number of carbonyl (C=O) groups excluding carboxylic acids is 1. The third-order valence-electron chi connectivity index (χ3n) is 4.31. The lowest BCUT2D eigenvalue weighted by Gasteiger charge is -2.34. The van der Waals surface area contributed by atoms with Crippen molar-refractivity contribution in [1.82, 2.24) is 14.5 Å². The lowest BCUT2D eigenvalue weighted by Crippen LogP contribution is -2.49. The number of aliphatic hydroxyl groups is 1. The van der Waals surface area contributed by atoms with Crippen molar-refractivity contribution in [3.05, 3.63) is 58.6 Å². The Hall–Kier alpha value is -2.71. The number of aromatic nitrogens is 2. The minimum atomic E-state index is -1.19. The van der Waals surface area contributed by atoms with Gasteiger partial charge in [0, 0.05) is 39.1 Å². The SMILES string of the molecule is Cn1ccnc(NCC2CN(C(=O)[C@H](O)c3ccccc3)CCO2)c1=O.